The lowest BCUT2D eigenvalue weighted by Crippen LogP contribution is -2.24. The van der Waals surface area contributed by atoms with E-state index in [-0.39, 0.29) is 18.3 Å². The van der Waals surface area contributed by atoms with E-state index in [1.807, 2.05) is 60.7 Å². The number of carbonyl (C=O) groups is 1. The van der Waals surface area contributed by atoms with Gasteiger partial charge in [0.25, 0.3) is 0 Å². The predicted molar refractivity (Wildman–Crippen MR) is 91.0 cm³/mol. The van der Waals surface area contributed by atoms with Crippen LogP contribution >= 0.6 is 0 Å². The monoisotopic (exact) mass is 312 g/mol. The Hall–Kier alpha value is -1.97. The average molecular weight is 312 g/mol. The van der Waals surface area contributed by atoms with Crippen LogP contribution in [0, 0.1) is 5.92 Å². The maximum Gasteiger partial charge on any atom is 0.133 e. The van der Waals surface area contributed by atoms with Gasteiger partial charge in [-0.3, -0.25) is 4.79 Å². The normalized spacial score (nSPS) is 13.5. The lowest BCUT2D eigenvalue weighted by atomic mass is 9.91. The van der Waals surface area contributed by atoms with Crippen LogP contribution in [0.15, 0.2) is 60.7 Å². The lowest BCUT2D eigenvalue weighted by Gasteiger charge is -2.18. The highest BCUT2D eigenvalue weighted by Crippen LogP contribution is 2.16. The van der Waals surface area contributed by atoms with Crippen molar-refractivity contribution in [2.75, 3.05) is 6.61 Å². The van der Waals surface area contributed by atoms with E-state index in [1.54, 1.807) is 6.92 Å². The van der Waals surface area contributed by atoms with Crippen LogP contribution < -0.4 is 0 Å². The zero-order valence-corrected chi connectivity index (χ0v) is 13.5. The molecule has 0 spiro atoms. The van der Waals surface area contributed by atoms with Gasteiger partial charge in [-0.15, -0.1) is 0 Å². The van der Waals surface area contributed by atoms with Crippen LogP contribution in [0.1, 0.15) is 24.5 Å². The first-order chi connectivity index (χ1) is 11.1. The molecule has 0 heterocycles. The molecule has 0 aliphatic heterocycles. The van der Waals surface area contributed by atoms with E-state index in [1.165, 1.54) is 0 Å². The number of Topliss-reactive ketones (excluding diaryl/α,β-unsaturated/α-hetero) is 1. The Morgan fingerprint density at radius 3 is 2.13 bits per heavy atom. The molecule has 2 atom stereocenters. The van der Waals surface area contributed by atoms with Crippen LogP contribution in [0.2, 0.25) is 0 Å². The van der Waals surface area contributed by atoms with Gasteiger partial charge in [-0.1, -0.05) is 60.7 Å². The molecule has 0 amide bonds. The topological polar surface area (TPSA) is 46.5 Å². The molecule has 0 saturated heterocycles. The molecule has 0 saturated carbocycles. The maximum atomic E-state index is 11.8. The van der Waals surface area contributed by atoms with Gasteiger partial charge >= 0.3 is 0 Å². The van der Waals surface area contributed by atoms with Crippen molar-refractivity contribution in [1.82, 2.24) is 0 Å². The van der Waals surface area contributed by atoms with E-state index < -0.39 is 6.10 Å². The molecule has 0 aromatic heterocycles. The number of ether oxygens (including phenoxy) is 1. The number of benzene rings is 2. The Labute approximate surface area is 137 Å². The highest BCUT2D eigenvalue weighted by atomic mass is 16.5. The third kappa shape index (κ3) is 6.35. The van der Waals surface area contributed by atoms with Gasteiger partial charge in [-0.25, -0.2) is 0 Å². The average Bonchev–Trinajstić information content (AvgIpc) is 2.56. The number of rotatable bonds is 9. The number of hydrogen-bond donors (Lipinski definition) is 1. The molecule has 1 N–H and O–H groups in total. The summed E-state index contributed by atoms with van der Waals surface area (Å²) in [5, 5.41) is 10.1. The van der Waals surface area contributed by atoms with Gasteiger partial charge in [0, 0.05) is 5.92 Å². The fourth-order valence-electron chi connectivity index (χ4n) is 2.58. The first-order valence-corrected chi connectivity index (χ1v) is 7.99. The smallest absolute Gasteiger partial charge is 0.133 e. The largest absolute Gasteiger partial charge is 0.391 e. The first-order valence-electron chi connectivity index (χ1n) is 7.99. The van der Waals surface area contributed by atoms with Gasteiger partial charge in [0.2, 0.25) is 0 Å². The fourth-order valence-corrected chi connectivity index (χ4v) is 2.58. The molecule has 2 aromatic carbocycles. The van der Waals surface area contributed by atoms with Crippen molar-refractivity contribution in [2.24, 2.45) is 5.92 Å². The fraction of sp³-hybridized carbons (Fsp3) is 0.350. The van der Waals surface area contributed by atoms with Crippen molar-refractivity contribution in [2.45, 2.75) is 32.5 Å². The number of hydrogen-bond acceptors (Lipinski definition) is 3. The Morgan fingerprint density at radius 1 is 1.00 bits per heavy atom. The minimum Gasteiger partial charge on any atom is -0.391 e. The van der Waals surface area contributed by atoms with E-state index in [2.05, 4.69) is 0 Å². The van der Waals surface area contributed by atoms with Gasteiger partial charge in [0.05, 0.1) is 19.3 Å². The van der Waals surface area contributed by atoms with E-state index in [9.17, 15) is 9.90 Å². The van der Waals surface area contributed by atoms with Crippen molar-refractivity contribution in [3.05, 3.63) is 71.8 Å². The summed E-state index contributed by atoms with van der Waals surface area (Å²) in [6.45, 7) is 2.31. The van der Waals surface area contributed by atoms with Crippen molar-refractivity contribution < 1.29 is 14.6 Å². The quantitative estimate of drug-likeness (QED) is 0.772. The number of aliphatic hydroxyl groups is 1. The molecular weight excluding hydrogens is 288 g/mol. The van der Waals surface area contributed by atoms with Gasteiger partial charge in [0.15, 0.2) is 0 Å². The highest BCUT2D eigenvalue weighted by molar-refractivity contribution is 5.78. The van der Waals surface area contributed by atoms with Gasteiger partial charge in [-0.2, -0.15) is 0 Å². The summed E-state index contributed by atoms with van der Waals surface area (Å²) in [5.74, 6) is -0.0660. The third-order valence-corrected chi connectivity index (χ3v) is 3.88. The molecule has 2 aromatic rings. The molecule has 3 heteroatoms. The molecule has 0 bridgehead atoms. The van der Waals surface area contributed by atoms with Crippen LogP contribution in [0.5, 0.6) is 0 Å². The van der Waals surface area contributed by atoms with Crippen LogP contribution in [0.25, 0.3) is 0 Å². The Balaban J connectivity index is 1.79. The highest BCUT2D eigenvalue weighted by Gasteiger charge is 2.19. The molecule has 0 radical (unpaired) electrons. The molecule has 23 heavy (non-hydrogen) atoms. The van der Waals surface area contributed by atoms with E-state index >= 15 is 0 Å². The molecule has 0 unspecified atom stereocenters. The van der Waals surface area contributed by atoms with Crippen molar-refractivity contribution in [3.8, 4) is 0 Å². The molecule has 0 fully saturated rings. The van der Waals surface area contributed by atoms with E-state index in [4.69, 9.17) is 4.74 Å². The molecule has 3 nitrogen and oxygen atoms in total. The second kappa shape index (κ2) is 9.23. The van der Waals surface area contributed by atoms with Crippen molar-refractivity contribution in [3.63, 3.8) is 0 Å². The van der Waals surface area contributed by atoms with E-state index in [0.29, 0.717) is 19.4 Å². The summed E-state index contributed by atoms with van der Waals surface area (Å²) in [7, 11) is 0. The van der Waals surface area contributed by atoms with Crippen LogP contribution in [0.3, 0.4) is 0 Å². The lowest BCUT2D eigenvalue weighted by molar-refractivity contribution is -0.122. The second-order valence-electron chi connectivity index (χ2n) is 5.89. The summed E-state index contributed by atoms with van der Waals surface area (Å²) in [6, 6.07) is 19.8. The summed E-state index contributed by atoms with van der Waals surface area (Å²) in [5.41, 5.74) is 2.19. The van der Waals surface area contributed by atoms with Crippen molar-refractivity contribution >= 4 is 5.78 Å². The summed E-state index contributed by atoms with van der Waals surface area (Å²) < 4.78 is 5.55. The minimum atomic E-state index is -0.628. The van der Waals surface area contributed by atoms with E-state index in [0.717, 1.165) is 11.1 Å². The minimum absolute atomic E-state index is 0.107. The summed E-state index contributed by atoms with van der Waals surface area (Å²) in [6.07, 6.45) is 0.460. The Kier molecular flexibility index (Phi) is 6.98. The molecule has 0 aliphatic rings. The summed E-state index contributed by atoms with van der Waals surface area (Å²) in [4.78, 5) is 11.8. The van der Waals surface area contributed by atoms with Crippen LogP contribution in [-0.4, -0.2) is 23.6 Å². The van der Waals surface area contributed by atoms with Crippen molar-refractivity contribution in [1.29, 1.82) is 0 Å². The Bertz CT molecular complexity index is 580. The molecule has 0 aliphatic carbocycles. The third-order valence-electron chi connectivity index (χ3n) is 3.88. The maximum absolute atomic E-state index is 11.8. The second-order valence-corrected chi connectivity index (χ2v) is 5.89. The SMILES string of the molecule is CC(=O)[C@@H](Cc1ccccc1)C[C@@H](O)COCc1ccccc1. The van der Waals surface area contributed by atoms with Gasteiger partial charge in [0.1, 0.15) is 5.78 Å². The van der Waals surface area contributed by atoms with Crippen LogP contribution in [0.4, 0.5) is 0 Å². The first kappa shape index (κ1) is 17.4. The van der Waals surface area contributed by atoms with Gasteiger partial charge in [-0.05, 0) is 30.9 Å². The predicted octanol–water partition coefficient (Wildman–Crippen LogP) is 3.40. The van der Waals surface area contributed by atoms with Crippen LogP contribution in [-0.2, 0) is 22.6 Å². The van der Waals surface area contributed by atoms with Gasteiger partial charge < -0.3 is 9.84 Å². The standard InChI is InChI=1S/C20H24O3/c1-16(21)19(12-17-8-4-2-5-9-17)13-20(22)15-23-14-18-10-6-3-7-11-18/h2-11,19-20,22H,12-15H2,1H3/t19-,20+/m0/s1. The number of aliphatic hydroxyl groups excluding tert-OH is 1. The Morgan fingerprint density at radius 2 is 1.57 bits per heavy atom. The number of ketones is 1. The molecule has 122 valence electrons. The molecular formula is C20H24O3. The summed E-state index contributed by atoms with van der Waals surface area (Å²) >= 11 is 0. The molecule has 2 rings (SSSR count). The zero-order valence-electron chi connectivity index (χ0n) is 13.5. The zero-order chi connectivity index (χ0) is 16.5. The number of carbonyl (C=O) groups excluding carboxylic acids is 1.